The Kier molecular flexibility index (Phi) is 5.04. The number of ether oxygens (including phenoxy) is 1. The highest BCUT2D eigenvalue weighted by molar-refractivity contribution is 5.67. The summed E-state index contributed by atoms with van der Waals surface area (Å²) in [6.07, 6.45) is 1.41. The van der Waals surface area contributed by atoms with Gasteiger partial charge in [-0.25, -0.2) is 0 Å². The van der Waals surface area contributed by atoms with E-state index in [-0.39, 0.29) is 12.2 Å². The average molecular weight is 300 g/mol. The normalized spacial score (nSPS) is 10.5. The Bertz CT molecular complexity index is 660. The number of aryl methyl sites for hydroxylation is 2. The summed E-state index contributed by atoms with van der Waals surface area (Å²) in [6.45, 7) is 4.00. The van der Waals surface area contributed by atoms with Crippen molar-refractivity contribution < 1.29 is 19.7 Å². The van der Waals surface area contributed by atoms with Gasteiger partial charge < -0.3 is 14.9 Å². The van der Waals surface area contributed by atoms with Crippen LogP contribution in [0.25, 0.3) is 0 Å². The van der Waals surface area contributed by atoms with E-state index in [0.29, 0.717) is 12.2 Å². The molecule has 0 aliphatic carbocycles. The van der Waals surface area contributed by atoms with Gasteiger partial charge in [-0.3, -0.25) is 4.79 Å². The van der Waals surface area contributed by atoms with Gasteiger partial charge in [-0.05, 0) is 60.7 Å². The van der Waals surface area contributed by atoms with Gasteiger partial charge in [-0.15, -0.1) is 0 Å². The lowest BCUT2D eigenvalue weighted by Gasteiger charge is -2.16. The molecule has 0 fully saturated rings. The Balaban J connectivity index is 2.32. The Morgan fingerprint density at radius 2 is 1.73 bits per heavy atom. The Morgan fingerprint density at radius 3 is 2.32 bits per heavy atom. The fraction of sp³-hybridized carbons (Fsp3) is 0.278. The SMILES string of the molecule is CCc1ccc(CCC(=O)O)c(C)c1Oc1ccc(O)cc1. The van der Waals surface area contributed by atoms with Crippen LogP contribution in [-0.4, -0.2) is 16.2 Å². The van der Waals surface area contributed by atoms with Crippen LogP contribution in [0.3, 0.4) is 0 Å². The van der Waals surface area contributed by atoms with Crippen LogP contribution in [0.4, 0.5) is 0 Å². The summed E-state index contributed by atoms with van der Waals surface area (Å²) >= 11 is 0. The van der Waals surface area contributed by atoms with Crippen LogP contribution in [0.2, 0.25) is 0 Å². The number of carbonyl (C=O) groups is 1. The molecule has 2 aromatic carbocycles. The summed E-state index contributed by atoms with van der Waals surface area (Å²) < 4.78 is 5.98. The van der Waals surface area contributed by atoms with E-state index in [1.54, 1.807) is 24.3 Å². The summed E-state index contributed by atoms with van der Waals surface area (Å²) in [5, 5.41) is 18.2. The Labute approximate surface area is 130 Å². The highest BCUT2D eigenvalue weighted by Gasteiger charge is 2.12. The molecule has 4 nitrogen and oxygen atoms in total. The summed E-state index contributed by atoms with van der Waals surface area (Å²) in [7, 11) is 0. The average Bonchev–Trinajstić information content (AvgIpc) is 2.50. The molecule has 0 radical (unpaired) electrons. The fourth-order valence-electron chi connectivity index (χ4n) is 2.35. The lowest BCUT2D eigenvalue weighted by molar-refractivity contribution is -0.136. The quantitative estimate of drug-likeness (QED) is 0.843. The van der Waals surface area contributed by atoms with Crippen molar-refractivity contribution in [3.63, 3.8) is 0 Å². The molecule has 0 saturated heterocycles. The monoisotopic (exact) mass is 300 g/mol. The van der Waals surface area contributed by atoms with Crippen LogP contribution in [0.15, 0.2) is 36.4 Å². The maximum absolute atomic E-state index is 10.8. The van der Waals surface area contributed by atoms with E-state index in [2.05, 4.69) is 6.92 Å². The molecule has 0 saturated carbocycles. The van der Waals surface area contributed by atoms with E-state index in [9.17, 15) is 9.90 Å². The van der Waals surface area contributed by atoms with Crippen LogP contribution in [0.5, 0.6) is 17.2 Å². The largest absolute Gasteiger partial charge is 0.508 e. The molecule has 2 rings (SSSR count). The van der Waals surface area contributed by atoms with Crippen LogP contribution in [0.1, 0.15) is 30.0 Å². The Morgan fingerprint density at radius 1 is 1.09 bits per heavy atom. The van der Waals surface area contributed by atoms with Gasteiger partial charge in [0.1, 0.15) is 17.2 Å². The van der Waals surface area contributed by atoms with Gasteiger partial charge in [-0.1, -0.05) is 19.1 Å². The molecule has 0 aromatic heterocycles. The maximum Gasteiger partial charge on any atom is 0.303 e. The minimum atomic E-state index is -0.806. The van der Waals surface area contributed by atoms with E-state index < -0.39 is 5.97 Å². The molecule has 0 atom stereocenters. The molecule has 0 aliphatic heterocycles. The van der Waals surface area contributed by atoms with E-state index >= 15 is 0 Å². The molecule has 0 unspecified atom stereocenters. The van der Waals surface area contributed by atoms with Gasteiger partial charge >= 0.3 is 5.97 Å². The van der Waals surface area contributed by atoms with Crippen molar-refractivity contribution in [3.05, 3.63) is 53.1 Å². The molecule has 116 valence electrons. The third-order valence-electron chi connectivity index (χ3n) is 3.65. The number of aromatic hydroxyl groups is 1. The number of benzene rings is 2. The highest BCUT2D eigenvalue weighted by atomic mass is 16.5. The fourth-order valence-corrected chi connectivity index (χ4v) is 2.35. The maximum atomic E-state index is 10.8. The molecule has 0 amide bonds. The molecular formula is C18H20O4. The van der Waals surface area contributed by atoms with Crippen LogP contribution < -0.4 is 4.74 Å². The molecule has 2 N–H and O–H groups in total. The highest BCUT2D eigenvalue weighted by Crippen LogP contribution is 2.32. The van der Waals surface area contributed by atoms with Crippen molar-refractivity contribution in [1.82, 2.24) is 0 Å². The zero-order valence-corrected chi connectivity index (χ0v) is 12.8. The topological polar surface area (TPSA) is 66.8 Å². The molecule has 0 aliphatic rings. The molecule has 2 aromatic rings. The first-order valence-electron chi connectivity index (χ1n) is 7.31. The molecule has 4 heteroatoms. The number of carboxylic acids is 1. The number of aliphatic carboxylic acids is 1. The van der Waals surface area contributed by atoms with Crippen molar-refractivity contribution in [2.24, 2.45) is 0 Å². The van der Waals surface area contributed by atoms with Gasteiger partial charge in [-0.2, -0.15) is 0 Å². The number of phenols is 1. The second-order valence-electron chi connectivity index (χ2n) is 5.18. The molecule has 22 heavy (non-hydrogen) atoms. The first kappa shape index (κ1) is 15.9. The first-order valence-corrected chi connectivity index (χ1v) is 7.31. The van der Waals surface area contributed by atoms with Crippen LogP contribution in [-0.2, 0) is 17.6 Å². The zero-order valence-electron chi connectivity index (χ0n) is 12.8. The van der Waals surface area contributed by atoms with Crippen molar-refractivity contribution in [3.8, 4) is 17.2 Å². The number of hydrogen-bond donors (Lipinski definition) is 2. The molecule has 0 bridgehead atoms. The predicted molar refractivity (Wildman–Crippen MR) is 84.7 cm³/mol. The van der Waals surface area contributed by atoms with E-state index in [0.717, 1.165) is 28.9 Å². The zero-order chi connectivity index (χ0) is 16.1. The minimum Gasteiger partial charge on any atom is -0.508 e. The van der Waals surface area contributed by atoms with Crippen LogP contribution >= 0.6 is 0 Å². The van der Waals surface area contributed by atoms with Crippen molar-refractivity contribution in [2.45, 2.75) is 33.1 Å². The van der Waals surface area contributed by atoms with Crippen molar-refractivity contribution in [2.75, 3.05) is 0 Å². The van der Waals surface area contributed by atoms with Crippen molar-refractivity contribution in [1.29, 1.82) is 0 Å². The first-order chi connectivity index (χ1) is 10.5. The number of rotatable bonds is 6. The second-order valence-corrected chi connectivity index (χ2v) is 5.18. The predicted octanol–water partition coefficient (Wildman–Crippen LogP) is 4.07. The third-order valence-corrected chi connectivity index (χ3v) is 3.65. The standard InChI is InChI=1S/C18H20O4/c1-3-13-4-5-14(6-11-17(20)21)12(2)18(13)22-16-9-7-15(19)8-10-16/h4-5,7-10,19H,3,6,11H2,1-2H3,(H,20,21). The summed E-state index contributed by atoms with van der Waals surface area (Å²) in [4.78, 5) is 10.8. The number of phenolic OH excluding ortho intramolecular Hbond substituents is 1. The summed E-state index contributed by atoms with van der Waals surface area (Å²) in [5.74, 6) is 0.803. The summed E-state index contributed by atoms with van der Waals surface area (Å²) in [6, 6.07) is 10.5. The van der Waals surface area contributed by atoms with Gasteiger partial charge in [0.05, 0.1) is 0 Å². The summed E-state index contributed by atoms with van der Waals surface area (Å²) in [5.41, 5.74) is 3.02. The Hall–Kier alpha value is -2.49. The lowest BCUT2D eigenvalue weighted by atomic mass is 9.98. The van der Waals surface area contributed by atoms with Gasteiger partial charge in [0.25, 0.3) is 0 Å². The second kappa shape index (κ2) is 6.98. The number of carboxylic acid groups (broad SMARTS) is 1. The van der Waals surface area contributed by atoms with E-state index in [4.69, 9.17) is 9.84 Å². The smallest absolute Gasteiger partial charge is 0.303 e. The lowest BCUT2D eigenvalue weighted by Crippen LogP contribution is -2.02. The third kappa shape index (κ3) is 3.79. The molecular weight excluding hydrogens is 280 g/mol. The van der Waals surface area contributed by atoms with E-state index in [1.807, 2.05) is 19.1 Å². The van der Waals surface area contributed by atoms with Gasteiger partial charge in [0, 0.05) is 6.42 Å². The van der Waals surface area contributed by atoms with Crippen molar-refractivity contribution >= 4 is 5.97 Å². The van der Waals surface area contributed by atoms with Gasteiger partial charge in [0.2, 0.25) is 0 Å². The number of hydrogen-bond acceptors (Lipinski definition) is 3. The molecule has 0 heterocycles. The van der Waals surface area contributed by atoms with Crippen LogP contribution in [0, 0.1) is 6.92 Å². The van der Waals surface area contributed by atoms with E-state index in [1.165, 1.54) is 0 Å². The van der Waals surface area contributed by atoms with Gasteiger partial charge in [0.15, 0.2) is 0 Å². The minimum absolute atomic E-state index is 0.102. The molecule has 0 spiro atoms.